The molecule has 0 aliphatic rings. The number of aromatic nitrogens is 1. The summed E-state index contributed by atoms with van der Waals surface area (Å²) < 4.78 is 6.42. The van der Waals surface area contributed by atoms with Crippen molar-refractivity contribution >= 4 is 102 Å². The number of rotatable bonds is 5. The largest absolute Gasteiger partial charge is 0.310 e. The number of nitrogens with zero attached hydrogens (tertiary/aromatic N) is 2. The van der Waals surface area contributed by atoms with Crippen molar-refractivity contribution in [3.8, 4) is 21.7 Å². The summed E-state index contributed by atoms with van der Waals surface area (Å²) in [6.45, 7) is 0. The number of hydrogen-bond acceptors (Lipinski definition) is 5. The molecule has 0 saturated carbocycles. The number of anilines is 3. The molecule has 226 valence electrons. The van der Waals surface area contributed by atoms with Crippen LogP contribution in [0.1, 0.15) is 0 Å². The lowest BCUT2D eigenvalue weighted by atomic mass is 10.0. The zero-order chi connectivity index (χ0) is 31.6. The zero-order valence-electron chi connectivity index (χ0n) is 25.6. The first-order valence-electron chi connectivity index (χ1n) is 15.9. The normalized spacial score (nSPS) is 11.8. The molecule has 0 spiro atoms. The summed E-state index contributed by atoms with van der Waals surface area (Å²) in [7, 11) is 0. The van der Waals surface area contributed by atoms with Gasteiger partial charge < -0.3 is 4.90 Å². The molecular formula is C43H26N2S3. The fourth-order valence-corrected chi connectivity index (χ4v) is 10.0. The molecule has 0 aliphatic heterocycles. The van der Waals surface area contributed by atoms with Gasteiger partial charge in [-0.05, 0) is 77.9 Å². The molecule has 0 aliphatic carbocycles. The van der Waals surface area contributed by atoms with Gasteiger partial charge in [-0.25, -0.2) is 4.98 Å². The van der Waals surface area contributed by atoms with Crippen LogP contribution in [-0.4, -0.2) is 4.98 Å². The quantitative estimate of drug-likeness (QED) is 0.182. The highest BCUT2D eigenvalue weighted by molar-refractivity contribution is 7.26. The van der Waals surface area contributed by atoms with Gasteiger partial charge in [-0.3, -0.25) is 0 Å². The molecule has 0 unspecified atom stereocenters. The first-order valence-corrected chi connectivity index (χ1v) is 18.4. The number of fused-ring (bicyclic) bond motifs is 8. The Hall–Kier alpha value is -5.33. The molecule has 10 rings (SSSR count). The van der Waals surface area contributed by atoms with Crippen LogP contribution in [0.4, 0.5) is 17.1 Å². The minimum Gasteiger partial charge on any atom is -0.310 e. The molecule has 0 radical (unpaired) electrons. The van der Waals surface area contributed by atoms with Crippen LogP contribution >= 0.6 is 34.0 Å². The number of benzene rings is 7. The first-order chi connectivity index (χ1) is 23.8. The van der Waals surface area contributed by atoms with E-state index in [4.69, 9.17) is 4.98 Å². The molecule has 0 amide bonds. The summed E-state index contributed by atoms with van der Waals surface area (Å²) in [5.41, 5.74) is 8.10. The Balaban J connectivity index is 1.06. The van der Waals surface area contributed by atoms with Crippen LogP contribution in [0.15, 0.2) is 158 Å². The Morgan fingerprint density at radius 1 is 0.375 bits per heavy atom. The van der Waals surface area contributed by atoms with Crippen molar-refractivity contribution in [2.75, 3.05) is 4.90 Å². The lowest BCUT2D eigenvalue weighted by molar-refractivity contribution is 1.29. The second kappa shape index (κ2) is 11.1. The molecule has 48 heavy (non-hydrogen) atoms. The maximum absolute atomic E-state index is 5.18. The van der Waals surface area contributed by atoms with E-state index in [1.165, 1.54) is 61.7 Å². The zero-order valence-corrected chi connectivity index (χ0v) is 28.1. The number of thiazole rings is 1. The maximum atomic E-state index is 5.18. The van der Waals surface area contributed by atoms with E-state index in [0.717, 1.165) is 27.6 Å². The van der Waals surface area contributed by atoms with Crippen LogP contribution < -0.4 is 4.90 Å². The van der Waals surface area contributed by atoms with Crippen LogP contribution in [-0.2, 0) is 0 Å². The molecule has 0 saturated heterocycles. The van der Waals surface area contributed by atoms with E-state index in [1.807, 2.05) is 22.7 Å². The fraction of sp³-hybridized carbons (Fsp3) is 0. The third-order valence-corrected chi connectivity index (χ3v) is 12.4. The summed E-state index contributed by atoms with van der Waals surface area (Å²) >= 11 is 5.47. The Kier molecular flexibility index (Phi) is 6.44. The van der Waals surface area contributed by atoms with E-state index in [9.17, 15) is 0 Å². The van der Waals surface area contributed by atoms with Gasteiger partial charge >= 0.3 is 0 Å². The Morgan fingerprint density at radius 3 is 1.85 bits per heavy atom. The molecule has 0 bridgehead atoms. The van der Waals surface area contributed by atoms with Gasteiger partial charge in [0.05, 0.1) is 10.2 Å². The molecule has 7 aromatic carbocycles. The van der Waals surface area contributed by atoms with Crippen LogP contribution in [0, 0.1) is 0 Å². The van der Waals surface area contributed by atoms with Crippen molar-refractivity contribution in [1.29, 1.82) is 0 Å². The van der Waals surface area contributed by atoms with Gasteiger partial charge in [-0.2, -0.15) is 0 Å². The summed E-state index contributed by atoms with van der Waals surface area (Å²) in [6, 6.07) is 57.1. The lowest BCUT2D eigenvalue weighted by Gasteiger charge is -2.25. The molecule has 0 atom stereocenters. The van der Waals surface area contributed by atoms with Crippen molar-refractivity contribution in [3.05, 3.63) is 158 Å². The summed E-state index contributed by atoms with van der Waals surface area (Å²) in [5, 5.41) is 6.23. The molecule has 5 heteroatoms. The average molecular weight is 667 g/mol. The van der Waals surface area contributed by atoms with E-state index in [1.54, 1.807) is 11.3 Å². The van der Waals surface area contributed by atoms with Gasteiger partial charge in [0.2, 0.25) is 0 Å². The standard InChI is InChI=1S/C43H26N2S3/c1-3-9-28(10-4-1)43-44-42-39(48-43)24-23-38-41(42)35-25-29(17-22-37(35)46-38)27-15-18-31(19-16-27)45(30-11-5-2-6-12-30)32-20-21-34-33-13-7-8-14-36(33)47-40(34)26-32/h1-26H. The molecule has 3 aromatic heterocycles. The Morgan fingerprint density at radius 2 is 1.00 bits per heavy atom. The third kappa shape index (κ3) is 4.54. The van der Waals surface area contributed by atoms with Gasteiger partial charge in [0.15, 0.2) is 0 Å². The van der Waals surface area contributed by atoms with Crippen molar-refractivity contribution in [3.63, 3.8) is 0 Å². The van der Waals surface area contributed by atoms with Gasteiger partial charge in [0, 0.05) is 63.0 Å². The predicted molar refractivity (Wildman–Crippen MR) is 211 cm³/mol. The minimum absolute atomic E-state index is 1.07. The predicted octanol–water partition coefficient (Wildman–Crippen LogP) is 13.8. The highest BCUT2D eigenvalue weighted by atomic mass is 32.1. The van der Waals surface area contributed by atoms with Crippen molar-refractivity contribution in [2.45, 2.75) is 0 Å². The van der Waals surface area contributed by atoms with Crippen LogP contribution in [0.2, 0.25) is 0 Å². The van der Waals surface area contributed by atoms with Gasteiger partial charge in [0.25, 0.3) is 0 Å². The number of para-hydroxylation sites is 1. The molecular weight excluding hydrogens is 641 g/mol. The van der Waals surface area contributed by atoms with Crippen molar-refractivity contribution in [2.24, 2.45) is 0 Å². The summed E-state index contributed by atoms with van der Waals surface area (Å²) in [6.07, 6.45) is 0. The van der Waals surface area contributed by atoms with E-state index < -0.39 is 0 Å². The van der Waals surface area contributed by atoms with E-state index >= 15 is 0 Å². The van der Waals surface area contributed by atoms with Gasteiger partial charge in [-0.1, -0.05) is 91.0 Å². The van der Waals surface area contributed by atoms with Crippen LogP contribution in [0.3, 0.4) is 0 Å². The highest BCUT2D eigenvalue weighted by Crippen LogP contribution is 2.44. The van der Waals surface area contributed by atoms with Gasteiger partial charge in [-0.15, -0.1) is 34.0 Å². The minimum atomic E-state index is 1.07. The monoisotopic (exact) mass is 666 g/mol. The molecule has 10 aromatic rings. The van der Waals surface area contributed by atoms with Crippen LogP contribution in [0.25, 0.3) is 72.3 Å². The van der Waals surface area contributed by atoms with Crippen LogP contribution in [0.5, 0.6) is 0 Å². The second-order valence-electron chi connectivity index (χ2n) is 12.0. The second-order valence-corrected chi connectivity index (χ2v) is 15.2. The number of thiophene rings is 2. The maximum Gasteiger partial charge on any atom is 0.124 e. The van der Waals surface area contributed by atoms with Crippen molar-refractivity contribution < 1.29 is 0 Å². The van der Waals surface area contributed by atoms with Gasteiger partial charge in [0.1, 0.15) is 5.01 Å². The van der Waals surface area contributed by atoms with E-state index in [0.29, 0.717) is 0 Å². The summed E-state index contributed by atoms with van der Waals surface area (Å²) in [4.78, 5) is 7.53. The number of hydrogen-bond donors (Lipinski definition) is 0. The lowest BCUT2D eigenvalue weighted by Crippen LogP contribution is -2.09. The fourth-order valence-electron chi connectivity index (χ4n) is 6.82. The third-order valence-electron chi connectivity index (χ3n) is 9.11. The average Bonchev–Trinajstić information content (AvgIpc) is 3.85. The summed E-state index contributed by atoms with van der Waals surface area (Å²) in [5.74, 6) is 0. The smallest absolute Gasteiger partial charge is 0.124 e. The van der Waals surface area contributed by atoms with E-state index in [2.05, 4.69) is 163 Å². The van der Waals surface area contributed by atoms with Crippen molar-refractivity contribution in [1.82, 2.24) is 4.98 Å². The Labute approximate surface area is 289 Å². The molecule has 0 N–H and O–H groups in total. The molecule has 0 fully saturated rings. The molecule has 3 heterocycles. The first kappa shape index (κ1) is 27.8. The topological polar surface area (TPSA) is 16.1 Å². The highest BCUT2D eigenvalue weighted by Gasteiger charge is 2.17. The SMILES string of the molecule is c1ccc(-c2nc3c(ccc4sc5ccc(-c6ccc(N(c7ccccc7)c7ccc8c(c7)sc7ccccc78)cc6)cc5c43)s2)cc1. The van der Waals surface area contributed by atoms with E-state index in [-0.39, 0.29) is 0 Å². The Bertz CT molecular complexity index is 2770. The molecule has 2 nitrogen and oxygen atoms in total.